The molecule has 0 unspecified atom stereocenters. The largest absolute Gasteiger partial charge is 0.496 e. The van der Waals surface area contributed by atoms with Crippen LogP contribution in [-0.2, 0) is 11.2 Å². The van der Waals surface area contributed by atoms with Gasteiger partial charge in [0.2, 0.25) is 10.9 Å². The molecule has 0 spiro atoms. The van der Waals surface area contributed by atoms with Gasteiger partial charge in [0.1, 0.15) is 5.75 Å². The number of carbonyl (C=O) groups is 1. The fourth-order valence-electron chi connectivity index (χ4n) is 2.88. The predicted octanol–water partition coefficient (Wildman–Crippen LogP) is 3.40. The highest BCUT2D eigenvalue weighted by Crippen LogP contribution is 2.29. The molecule has 1 amide bonds. The first-order valence-electron chi connectivity index (χ1n) is 8.50. The molecule has 2 aromatic carbocycles. The van der Waals surface area contributed by atoms with Gasteiger partial charge in [-0.25, -0.2) is 0 Å². The van der Waals surface area contributed by atoms with Gasteiger partial charge in [0, 0.05) is 6.54 Å². The lowest BCUT2D eigenvalue weighted by atomic mass is 10.1. The lowest BCUT2D eigenvalue weighted by Gasteiger charge is -2.08. The van der Waals surface area contributed by atoms with Crippen molar-refractivity contribution in [2.45, 2.75) is 11.6 Å². The number of thioether (sulfide) groups is 1. The number of methoxy groups -OCH3 is 1. The number of para-hydroxylation sites is 2. The summed E-state index contributed by atoms with van der Waals surface area (Å²) in [4.78, 5) is 13.0. The minimum atomic E-state index is -0.0221. The first-order chi connectivity index (χ1) is 13.3. The van der Waals surface area contributed by atoms with Gasteiger partial charge in [0.25, 0.3) is 0 Å². The third kappa shape index (κ3) is 3.77. The second-order valence-corrected chi connectivity index (χ2v) is 7.82. The van der Waals surface area contributed by atoms with Gasteiger partial charge in [0.15, 0.2) is 5.16 Å². The number of benzene rings is 2. The van der Waals surface area contributed by atoms with Crippen LogP contribution in [-0.4, -0.2) is 39.9 Å². The monoisotopic (exact) mass is 398 g/mol. The first kappa shape index (κ1) is 17.8. The quantitative estimate of drug-likeness (QED) is 0.483. The Morgan fingerprint density at radius 2 is 2.00 bits per heavy atom. The smallest absolute Gasteiger partial charge is 0.230 e. The lowest BCUT2D eigenvalue weighted by molar-refractivity contribution is -0.118. The van der Waals surface area contributed by atoms with Crippen molar-refractivity contribution in [2.75, 3.05) is 19.4 Å². The molecule has 0 aliphatic heterocycles. The minimum absolute atomic E-state index is 0.0221. The Balaban J connectivity index is 1.35. The van der Waals surface area contributed by atoms with Gasteiger partial charge in [0.05, 0.1) is 23.1 Å². The fraction of sp³-hybridized carbons (Fsp3) is 0.211. The van der Waals surface area contributed by atoms with Crippen molar-refractivity contribution in [3.63, 3.8) is 0 Å². The summed E-state index contributed by atoms with van der Waals surface area (Å²) in [5.74, 6) is 1.12. The van der Waals surface area contributed by atoms with E-state index < -0.39 is 0 Å². The number of hydrogen-bond donors (Lipinski definition) is 1. The molecule has 0 fully saturated rings. The number of hydrogen-bond acceptors (Lipinski definition) is 6. The van der Waals surface area contributed by atoms with Gasteiger partial charge < -0.3 is 10.1 Å². The molecule has 1 N–H and O–H groups in total. The lowest BCUT2D eigenvalue weighted by Crippen LogP contribution is -2.27. The van der Waals surface area contributed by atoms with E-state index in [0.29, 0.717) is 12.3 Å². The van der Waals surface area contributed by atoms with Gasteiger partial charge in [-0.05, 0) is 30.2 Å². The van der Waals surface area contributed by atoms with E-state index >= 15 is 0 Å². The molecule has 0 saturated heterocycles. The molecule has 27 heavy (non-hydrogen) atoms. The van der Waals surface area contributed by atoms with Crippen LogP contribution in [0.3, 0.4) is 0 Å². The van der Waals surface area contributed by atoms with Crippen molar-refractivity contribution in [2.24, 2.45) is 0 Å². The summed E-state index contributed by atoms with van der Waals surface area (Å²) in [7, 11) is 1.65. The van der Waals surface area contributed by atoms with Crippen LogP contribution in [0, 0.1) is 0 Å². The van der Waals surface area contributed by atoms with E-state index in [1.165, 1.54) is 11.8 Å². The maximum absolute atomic E-state index is 12.2. The number of aromatic nitrogens is 3. The highest BCUT2D eigenvalue weighted by Gasteiger charge is 2.14. The molecule has 138 valence electrons. The van der Waals surface area contributed by atoms with E-state index in [1.807, 2.05) is 46.9 Å². The Hall–Kier alpha value is -2.58. The molecule has 0 atom stereocenters. The van der Waals surface area contributed by atoms with Crippen molar-refractivity contribution in [3.8, 4) is 5.75 Å². The number of thiazole rings is 1. The van der Waals surface area contributed by atoms with Gasteiger partial charge in [-0.15, -0.1) is 10.2 Å². The highest BCUT2D eigenvalue weighted by atomic mass is 32.2. The zero-order valence-corrected chi connectivity index (χ0v) is 16.3. The summed E-state index contributed by atoms with van der Waals surface area (Å²) in [6.45, 7) is 0.566. The molecule has 0 aliphatic rings. The number of rotatable bonds is 7. The Kier molecular flexibility index (Phi) is 5.26. The van der Waals surface area contributed by atoms with E-state index in [4.69, 9.17) is 4.74 Å². The Morgan fingerprint density at radius 1 is 1.19 bits per heavy atom. The van der Waals surface area contributed by atoms with Gasteiger partial charge in [-0.1, -0.05) is 53.4 Å². The van der Waals surface area contributed by atoms with Crippen LogP contribution in [0.15, 0.2) is 53.7 Å². The predicted molar refractivity (Wildman–Crippen MR) is 109 cm³/mol. The number of nitrogens with zero attached hydrogens (tertiary/aromatic N) is 3. The zero-order valence-electron chi connectivity index (χ0n) is 14.7. The number of fused-ring (bicyclic) bond motifs is 3. The number of ether oxygens (including phenoxy) is 1. The van der Waals surface area contributed by atoms with Crippen LogP contribution >= 0.6 is 23.1 Å². The molecule has 4 aromatic rings. The Morgan fingerprint density at radius 3 is 2.89 bits per heavy atom. The van der Waals surface area contributed by atoms with Crippen molar-refractivity contribution in [3.05, 3.63) is 54.1 Å². The minimum Gasteiger partial charge on any atom is -0.496 e. The standard InChI is InChI=1S/C19H18N4O2S2/c1-25-15-8-4-2-6-13(15)10-11-20-17(24)12-26-18-21-22-19-23(18)14-7-3-5-9-16(14)27-19/h2-9H,10-12H2,1H3,(H,20,24). The molecule has 0 aliphatic carbocycles. The molecule has 2 aromatic heterocycles. The molecule has 8 heteroatoms. The van der Waals surface area contributed by atoms with Crippen LogP contribution < -0.4 is 10.1 Å². The normalized spacial score (nSPS) is 11.1. The van der Waals surface area contributed by atoms with Gasteiger partial charge in [-0.2, -0.15) is 0 Å². The first-order valence-corrected chi connectivity index (χ1v) is 10.3. The third-order valence-electron chi connectivity index (χ3n) is 4.15. The molecular weight excluding hydrogens is 380 g/mol. The van der Waals surface area contributed by atoms with Crippen molar-refractivity contribution < 1.29 is 9.53 Å². The van der Waals surface area contributed by atoms with Crippen LogP contribution in [0.4, 0.5) is 0 Å². The Bertz CT molecular complexity index is 1090. The molecule has 0 bridgehead atoms. The van der Waals surface area contributed by atoms with Crippen molar-refractivity contribution in [1.29, 1.82) is 0 Å². The van der Waals surface area contributed by atoms with Crippen molar-refractivity contribution in [1.82, 2.24) is 19.9 Å². The third-order valence-corrected chi connectivity index (χ3v) is 6.09. The number of nitrogens with one attached hydrogen (secondary N) is 1. The molecule has 4 rings (SSSR count). The van der Waals surface area contributed by atoms with E-state index in [-0.39, 0.29) is 5.91 Å². The summed E-state index contributed by atoms with van der Waals surface area (Å²) < 4.78 is 8.50. The van der Waals surface area contributed by atoms with Crippen LogP contribution in [0.2, 0.25) is 0 Å². The van der Waals surface area contributed by atoms with Gasteiger partial charge in [-0.3, -0.25) is 9.20 Å². The maximum atomic E-state index is 12.2. The number of carbonyl (C=O) groups excluding carboxylic acids is 1. The Labute approximate surface area is 164 Å². The van der Waals surface area contributed by atoms with Crippen LogP contribution in [0.1, 0.15) is 5.56 Å². The summed E-state index contributed by atoms with van der Waals surface area (Å²) >= 11 is 2.99. The molecular formula is C19H18N4O2S2. The van der Waals surface area contributed by atoms with Gasteiger partial charge >= 0.3 is 0 Å². The fourth-order valence-corrected chi connectivity index (χ4v) is 4.67. The maximum Gasteiger partial charge on any atom is 0.230 e. The van der Waals surface area contributed by atoms with Crippen molar-refractivity contribution >= 4 is 44.2 Å². The summed E-state index contributed by atoms with van der Waals surface area (Å²) in [6, 6.07) is 15.9. The second-order valence-electron chi connectivity index (χ2n) is 5.87. The molecule has 2 heterocycles. The average Bonchev–Trinajstić information content (AvgIpc) is 3.26. The molecule has 6 nitrogen and oxygen atoms in total. The van der Waals surface area contributed by atoms with E-state index in [1.54, 1.807) is 18.4 Å². The summed E-state index contributed by atoms with van der Waals surface area (Å²) in [5.41, 5.74) is 2.15. The van der Waals surface area contributed by atoms with E-state index in [0.717, 1.165) is 38.1 Å². The molecule has 0 saturated carbocycles. The second kappa shape index (κ2) is 7.98. The summed E-state index contributed by atoms with van der Waals surface area (Å²) in [6.07, 6.45) is 0.727. The summed E-state index contributed by atoms with van der Waals surface area (Å²) in [5, 5.41) is 12.1. The highest BCUT2D eigenvalue weighted by molar-refractivity contribution is 7.99. The van der Waals surface area contributed by atoms with Crippen LogP contribution in [0.5, 0.6) is 5.75 Å². The SMILES string of the molecule is COc1ccccc1CCNC(=O)CSc1nnc2sc3ccccc3n12. The zero-order chi connectivity index (χ0) is 18.6. The average molecular weight is 399 g/mol. The topological polar surface area (TPSA) is 68.5 Å². The van der Waals surface area contributed by atoms with Crippen LogP contribution in [0.25, 0.3) is 15.2 Å². The van der Waals surface area contributed by atoms with E-state index in [9.17, 15) is 4.79 Å². The molecule has 0 radical (unpaired) electrons. The van der Waals surface area contributed by atoms with E-state index in [2.05, 4.69) is 21.6 Å². The number of amides is 1.